The monoisotopic (exact) mass is 900 g/mol. The summed E-state index contributed by atoms with van der Waals surface area (Å²) in [7, 11) is -8.54. The Kier molecular flexibility index (Phi) is 17.1. The van der Waals surface area contributed by atoms with Crippen LogP contribution in [-0.4, -0.2) is 31.4 Å². The summed E-state index contributed by atoms with van der Waals surface area (Å²) in [5.74, 6) is 0. The molecular weight excluding hydrogens is 856 g/mol. The van der Waals surface area contributed by atoms with Gasteiger partial charge in [0.15, 0.2) is 0 Å². The van der Waals surface area contributed by atoms with Crippen LogP contribution >= 0.6 is 0 Å². The SMILES string of the molecule is C[Si](C)=[Zr+2].Cc1cc2c(-c3ccccc3)cccc2[cH-]1.Cc1cc2c(-c3ccccc3)cccc2[cH-]1.Cc1ccc(S(=O)(=O)[O-])cc1.Cc1ccc(S(=O)(=O)[O-])cc1. The van der Waals surface area contributed by atoms with Crippen LogP contribution in [0.15, 0.2) is 180 Å². The van der Waals surface area contributed by atoms with Gasteiger partial charge in [0.05, 0.1) is 9.79 Å². The molecule has 58 heavy (non-hydrogen) atoms. The first-order valence-corrected chi connectivity index (χ1v) is 27.4. The van der Waals surface area contributed by atoms with E-state index in [1.807, 2.05) is 13.8 Å². The fourth-order valence-corrected chi connectivity index (χ4v) is 6.86. The molecule has 0 aliphatic carbocycles. The van der Waals surface area contributed by atoms with Gasteiger partial charge in [0.1, 0.15) is 20.2 Å². The first-order chi connectivity index (χ1) is 27.4. The summed E-state index contributed by atoms with van der Waals surface area (Å²) in [6.45, 7) is 12.6. The zero-order valence-corrected chi connectivity index (χ0v) is 38.5. The predicted octanol–water partition coefficient (Wildman–Crippen LogP) is 11.7. The Morgan fingerprint density at radius 2 is 0.776 bits per heavy atom. The van der Waals surface area contributed by atoms with Crippen molar-refractivity contribution >= 4 is 47.2 Å². The molecule has 0 aliphatic rings. The molecule has 0 aromatic heterocycles. The van der Waals surface area contributed by atoms with Gasteiger partial charge in [0, 0.05) is 0 Å². The zero-order chi connectivity index (χ0) is 42.5. The van der Waals surface area contributed by atoms with Crippen LogP contribution in [0.1, 0.15) is 22.3 Å². The summed E-state index contributed by atoms with van der Waals surface area (Å²) < 4.78 is 62.3. The number of hydrogen-bond donors (Lipinski definition) is 0. The van der Waals surface area contributed by atoms with E-state index < -0.39 is 20.2 Å². The Hall–Kier alpha value is -4.54. The molecule has 0 saturated carbocycles. The second kappa shape index (κ2) is 21.5. The predicted molar refractivity (Wildman–Crippen MR) is 235 cm³/mol. The van der Waals surface area contributed by atoms with Gasteiger partial charge in [-0.3, -0.25) is 0 Å². The van der Waals surface area contributed by atoms with Crippen LogP contribution in [0, 0.1) is 27.7 Å². The van der Waals surface area contributed by atoms with Crippen molar-refractivity contribution in [1.29, 1.82) is 0 Å². The van der Waals surface area contributed by atoms with E-state index in [9.17, 15) is 25.9 Å². The molecule has 296 valence electrons. The van der Waals surface area contributed by atoms with Crippen LogP contribution in [0.4, 0.5) is 0 Å². The van der Waals surface area contributed by atoms with Gasteiger partial charge in [-0.25, -0.2) is 16.8 Å². The molecule has 0 atom stereocenters. The largest absolute Gasteiger partial charge is 0.744 e. The van der Waals surface area contributed by atoms with Crippen LogP contribution in [0.3, 0.4) is 0 Å². The van der Waals surface area contributed by atoms with Gasteiger partial charge in [-0.05, 0) is 49.2 Å². The fraction of sp³-hybridized carbons (Fsp3) is 0.125. The number of hydrogen-bond acceptors (Lipinski definition) is 6. The molecule has 0 radical (unpaired) electrons. The Morgan fingerprint density at radius 1 is 0.466 bits per heavy atom. The maximum Gasteiger partial charge on any atom is 0.124 e. The Labute approximate surface area is 358 Å². The summed E-state index contributed by atoms with van der Waals surface area (Å²) in [5, 5.41) is 5.37. The second-order valence-corrected chi connectivity index (χ2v) is 26.1. The van der Waals surface area contributed by atoms with E-state index in [1.165, 1.54) is 79.2 Å². The minimum Gasteiger partial charge on any atom is -0.744 e. The van der Waals surface area contributed by atoms with Crippen LogP contribution in [0.2, 0.25) is 13.1 Å². The minimum absolute atomic E-state index is 0.178. The molecule has 0 N–H and O–H groups in total. The molecule has 0 bridgehead atoms. The van der Waals surface area contributed by atoms with Crippen LogP contribution < -0.4 is 0 Å². The average molecular weight is 902 g/mol. The molecule has 0 aliphatic heterocycles. The fourth-order valence-electron chi connectivity index (χ4n) is 5.92. The van der Waals surface area contributed by atoms with Gasteiger partial charge < -0.3 is 9.11 Å². The number of fused-ring (bicyclic) bond motifs is 2. The molecule has 0 spiro atoms. The number of rotatable bonds is 4. The average Bonchev–Trinajstić information content (AvgIpc) is 3.76. The molecule has 0 heterocycles. The maximum absolute atomic E-state index is 10.4. The van der Waals surface area contributed by atoms with E-state index in [0.29, 0.717) is 0 Å². The second-order valence-electron chi connectivity index (χ2n) is 13.9. The van der Waals surface area contributed by atoms with E-state index in [1.54, 1.807) is 47.6 Å². The van der Waals surface area contributed by atoms with E-state index in [0.717, 1.165) is 11.1 Å². The molecule has 8 aromatic rings. The number of benzene rings is 6. The smallest absolute Gasteiger partial charge is 0.124 e. The van der Waals surface area contributed by atoms with Gasteiger partial charge in [-0.15, -0.1) is 69.1 Å². The van der Waals surface area contributed by atoms with Gasteiger partial charge in [-0.1, -0.05) is 133 Å². The standard InChI is InChI=1S/2C16H13.2C7H8O3S.C2H6Si.Zr/c2*1-12-10-14-8-5-9-15(16(14)11-12)13-6-3-2-4-7-13;2*1-6-2-4-7(5-3-6)11(8,9)10;1-3-2;/h2*2-11H,1H3;2*2-5H,1H3,(H,8,9,10);1-2H3;/q2*-1;;;;+2/p-2. The molecule has 6 nitrogen and oxygen atoms in total. The molecule has 0 unspecified atom stereocenters. The molecule has 8 rings (SSSR count). The molecule has 8 aromatic carbocycles. The summed E-state index contributed by atoms with van der Waals surface area (Å²) in [6.07, 6.45) is 0. The first kappa shape index (κ1) is 46.2. The summed E-state index contributed by atoms with van der Waals surface area (Å²) in [5.41, 5.74) is 9.96. The van der Waals surface area contributed by atoms with Crippen LogP contribution in [-0.2, 0) is 43.6 Å². The van der Waals surface area contributed by atoms with Crippen molar-refractivity contribution in [2.24, 2.45) is 0 Å². The third kappa shape index (κ3) is 14.4. The summed E-state index contributed by atoms with van der Waals surface area (Å²) >= 11 is 1.74. The van der Waals surface area contributed by atoms with Gasteiger partial charge in [0.2, 0.25) is 0 Å². The van der Waals surface area contributed by atoms with Crippen molar-refractivity contribution in [3.8, 4) is 22.3 Å². The number of aryl methyl sites for hydroxylation is 4. The third-order valence-corrected chi connectivity index (χ3v) is 10.3. The van der Waals surface area contributed by atoms with E-state index in [4.69, 9.17) is 0 Å². The van der Waals surface area contributed by atoms with Crippen LogP contribution in [0.5, 0.6) is 0 Å². The van der Waals surface area contributed by atoms with E-state index in [2.05, 4.69) is 148 Å². The first-order valence-electron chi connectivity index (χ1n) is 18.4. The molecule has 0 saturated heterocycles. The third-order valence-electron chi connectivity index (χ3n) is 8.58. The molecule has 0 fully saturated rings. The van der Waals surface area contributed by atoms with Gasteiger partial charge >= 0.3 is 41.9 Å². The van der Waals surface area contributed by atoms with Crippen molar-refractivity contribution in [2.45, 2.75) is 50.6 Å². The molecule has 0 amide bonds. The van der Waals surface area contributed by atoms with Gasteiger partial charge in [-0.2, -0.15) is 12.1 Å². The Morgan fingerprint density at radius 3 is 1.07 bits per heavy atom. The summed E-state index contributed by atoms with van der Waals surface area (Å²) in [6, 6.07) is 54.7. The van der Waals surface area contributed by atoms with Crippen molar-refractivity contribution < 1.29 is 49.3 Å². The Bertz CT molecular complexity index is 2580. The minimum atomic E-state index is -4.27. The van der Waals surface area contributed by atoms with E-state index >= 15 is 0 Å². The van der Waals surface area contributed by atoms with Gasteiger partial charge in [0.25, 0.3) is 0 Å². The normalized spacial score (nSPS) is 10.8. The Balaban J connectivity index is 0.000000168. The van der Waals surface area contributed by atoms with Crippen molar-refractivity contribution in [3.63, 3.8) is 0 Å². The van der Waals surface area contributed by atoms with Crippen molar-refractivity contribution in [1.82, 2.24) is 0 Å². The molecular formula is C48H46O6S2SiZr-2. The quantitative estimate of drug-likeness (QED) is 0.0987. The molecule has 10 heteroatoms. The summed E-state index contributed by atoms with van der Waals surface area (Å²) in [4.78, 5) is -0.355. The van der Waals surface area contributed by atoms with Crippen molar-refractivity contribution in [3.05, 3.63) is 192 Å². The maximum atomic E-state index is 10.4. The topological polar surface area (TPSA) is 114 Å². The zero-order valence-electron chi connectivity index (χ0n) is 33.4. The van der Waals surface area contributed by atoms with Crippen LogP contribution in [0.25, 0.3) is 43.8 Å². The van der Waals surface area contributed by atoms with E-state index in [-0.39, 0.29) is 15.2 Å². The van der Waals surface area contributed by atoms with Crippen molar-refractivity contribution in [2.75, 3.05) is 0 Å².